The van der Waals surface area contributed by atoms with Crippen molar-refractivity contribution in [2.75, 3.05) is 11.0 Å². The van der Waals surface area contributed by atoms with Gasteiger partial charge in [-0.3, -0.25) is 9.40 Å². The number of ether oxygens (including phenoxy) is 1. The molecule has 1 fully saturated rings. The zero-order valence-electron chi connectivity index (χ0n) is 32.4. The second-order valence-electron chi connectivity index (χ2n) is 16.0. The summed E-state index contributed by atoms with van der Waals surface area (Å²) in [5.41, 5.74) is 0.332. The van der Waals surface area contributed by atoms with E-state index in [0.717, 1.165) is 18.4 Å². The molecule has 1 atom stereocenters. The lowest BCUT2D eigenvalue weighted by Gasteiger charge is -2.27. The van der Waals surface area contributed by atoms with Gasteiger partial charge in [-0.1, -0.05) is 23.6 Å². The van der Waals surface area contributed by atoms with Crippen molar-refractivity contribution in [3.8, 4) is 23.0 Å². The van der Waals surface area contributed by atoms with E-state index in [1.54, 1.807) is 20.8 Å². The van der Waals surface area contributed by atoms with Crippen LogP contribution in [0.15, 0.2) is 30.3 Å². The summed E-state index contributed by atoms with van der Waals surface area (Å²) < 4.78 is 131. The zero-order valence-corrected chi connectivity index (χ0v) is 34.8. The maximum Gasteiger partial charge on any atom is 0.408 e. The normalized spacial score (nSPS) is 15.4. The molecule has 2 aliphatic rings. The van der Waals surface area contributed by atoms with Crippen LogP contribution in [0.3, 0.4) is 0 Å². The van der Waals surface area contributed by atoms with Gasteiger partial charge in [-0.2, -0.15) is 18.3 Å². The Bertz CT molecular complexity index is 2590. The Morgan fingerprint density at radius 2 is 1.66 bits per heavy atom. The fraction of sp³-hybridized carbons (Fsp3) is 0.462. The molecule has 58 heavy (non-hydrogen) atoms. The SMILES string of the molecule is CC(C)(C)OC(=O)N[C@@H](Cc1cc(F)cc(F)c1)c1nc(C#CC(C)(C)S(C)(=O)=O)c2c(c1-c1ccc(Cl)c3c(NS(=O)(=O)C4CC4)nn(CC(F)(F)F)c13)CCC2. The predicted octanol–water partition coefficient (Wildman–Crippen LogP) is 7.97. The Morgan fingerprint density at radius 1 is 1.02 bits per heavy atom. The van der Waals surface area contributed by atoms with Crippen LogP contribution in [-0.2, 0) is 50.4 Å². The molecule has 0 saturated heterocycles. The smallest absolute Gasteiger partial charge is 0.408 e. The highest BCUT2D eigenvalue weighted by Crippen LogP contribution is 2.45. The second-order valence-corrected chi connectivity index (χ2v) is 21.0. The van der Waals surface area contributed by atoms with E-state index >= 15 is 0 Å². The lowest BCUT2D eigenvalue weighted by Crippen LogP contribution is -2.36. The highest BCUT2D eigenvalue weighted by molar-refractivity contribution is 7.93. The number of hydrogen-bond donors (Lipinski definition) is 2. The van der Waals surface area contributed by atoms with E-state index < -0.39 is 77.8 Å². The number of halogens is 6. The number of nitrogens with one attached hydrogen (secondary N) is 2. The monoisotopic (exact) mass is 869 g/mol. The Labute approximate surface area is 338 Å². The Kier molecular flexibility index (Phi) is 11.4. The third kappa shape index (κ3) is 9.52. The number of amides is 1. The standard InChI is InChI=1S/C39H41ClF5N5O6S2/c1-37(2,3)56-36(51)47-30(18-21-16-22(41)19-23(42)17-21)33-31(26-9-7-8-25(26)29(46-33)14-15-38(4,5)57(6,52)53)27-12-13-28(40)32-34(27)50(20-39(43,44)45)48-35(32)49-58(54,55)24-10-11-24/h12-13,16-17,19,24,30H,7-11,18,20H2,1-6H3,(H,47,51)(H,48,49)/t30-/m0/s1. The number of carbonyl (C=O) groups excluding carboxylic acids is 1. The van der Waals surface area contributed by atoms with Crippen LogP contribution in [0.5, 0.6) is 0 Å². The number of anilines is 1. The fourth-order valence-electron chi connectivity index (χ4n) is 6.70. The number of aromatic nitrogens is 3. The number of rotatable bonds is 10. The number of fused-ring (bicyclic) bond motifs is 2. The number of carbonyl (C=O) groups is 1. The number of hydrogen-bond acceptors (Lipinski definition) is 8. The molecule has 312 valence electrons. The summed E-state index contributed by atoms with van der Waals surface area (Å²) in [4.78, 5) is 18.4. The molecular weight excluding hydrogens is 829 g/mol. The minimum Gasteiger partial charge on any atom is -0.444 e. The van der Waals surface area contributed by atoms with Crippen molar-refractivity contribution in [2.24, 2.45) is 0 Å². The molecule has 0 spiro atoms. The van der Waals surface area contributed by atoms with E-state index in [-0.39, 0.29) is 50.4 Å². The van der Waals surface area contributed by atoms with Crippen LogP contribution in [0.1, 0.15) is 88.0 Å². The Hall–Kier alpha value is -4.47. The summed E-state index contributed by atoms with van der Waals surface area (Å²) in [6.45, 7) is 6.01. The average molecular weight is 870 g/mol. The van der Waals surface area contributed by atoms with Gasteiger partial charge in [-0.25, -0.2) is 35.4 Å². The van der Waals surface area contributed by atoms with Gasteiger partial charge in [-0.15, -0.1) is 0 Å². The number of nitrogens with zero attached hydrogens (tertiary/aromatic N) is 3. The van der Waals surface area contributed by atoms with Crippen molar-refractivity contribution in [2.45, 2.75) is 108 Å². The molecule has 19 heteroatoms. The number of benzene rings is 2. The molecule has 11 nitrogen and oxygen atoms in total. The maximum atomic E-state index is 14.6. The third-order valence-corrected chi connectivity index (χ3v) is 13.8. The Morgan fingerprint density at radius 3 is 2.24 bits per heavy atom. The van der Waals surface area contributed by atoms with Crippen LogP contribution in [0, 0.1) is 23.5 Å². The van der Waals surface area contributed by atoms with Gasteiger partial charge >= 0.3 is 12.3 Å². The number of pyridine rings is 1. The highest BCUT2D eigenvalue weighted by atomic mass is 35.5. The molecule has 0 bridgehead atoms. The van der Waals surface area contributed by atoms with E-state index in [1.807, 2.05) is 0 Å². The molecule has 2 aromatic carbocycles. The van der Waals surface area contributed by atoms with Gasteiger partial charge in [-0.05, 0) is 114 Å². The number of alkyl halides is 3. The van der Waals surface area contributed by atoms with Crippen LogP contribution in [0.2, 0.25) is 5.02 Å². The molecule has 4 aromatic rings. The van der Waals surface area contributed by atoms with Crippen molar-refractivity contribution in [3.63, 3.8) is 0 Å². The third-order valence-electron chi connectivity index (χ3n) is 9.73. The Balaban J connectivity index is 1.71. The summed E-state index contributed by atoms with van der Waals surface area (Å²) in [5, 5.41) is 5.84. The maximum absolute atomic E-state index is 14.6. The van der Waals surface area contributed by atoms with Crippen LogP contribution in [0.4, 0.5) is 32.6 Å². The lowest BCUT2D eigenvalue weighted by atomic mass is 9.88. The predicted molar refractivity (Wildman–Crippen MR) is 210 cm³/mol. The van der Waals surface area contributed by atoms with Gasteiger partial charge in [0, 0.05) is 23.4 Å². The first kappa shape index (κ1) is 43.1. The molecular formula is C39H41ClF5N5O6S2. The summed E-state index contributed by atoms with van der Waals surface area (Å²) >= 11 is 6.67. The number of alkyl carbamates (subject to hydrolysis) is 1. The number of sulfone groups is 1. The van der Waals surface area contributed by atoms with Gasteiger partial charge in [0.25, 0.3) is 0 Å². The summed E-state index contributed by atoms with van der Waals surface area (Å²) in [7, 11) is -7.77. The first-order chi connectivity index (χ1) is 26.7. The van der Waals surface area contributed by atoms with E-state index in [9.17, 15) is 43.6 Å². The minimum atomic E-state index is -4.84. The van der Waals surface area contributed by atoms with Crippen LogP contribution in [0.25, 0.3) is 22.0 Å². The quantitative estimate of drug-likeness (QED) is 0.121. The summed E-state index contributed by atoms with van der Waals surface area (Å²) in [6.07, 6.45) is -3.18. The van der Waals surface area contributed by atoms with Crippen LogP contribution >= 0.6 is 11.6 Å². The molecule has 1 amide bonds. The molecule has 6 rings (SSSR count). The average Bonchev–Trinajstić information content (AvgIpc) is 3.72. The van der Waals surface area contributed by atoms with Gasteiger partial charge in [0.15, 0.2) is 15.7 Å². The van der Waals surface area contributed by atoms with Gasteiger partial charge in [0.2, 0.25) is 10.0 Å². The molecule has 2 aliphatic carbocycles. The highest BCUT2D eigenvalue weighted by Gasteiger charge is 2.39. The first-order valence-electron chi connectivity index (χ1n) is 18.2. The zero-order chi connectivity index (χ0) is 42.7. The van der Waals surface area contributed by atoms with Crippen molar-refractivity contribution >= 4 is 54.3 Å². The molecule has 1 saturated carbocycles. The van der Waals surface area contributed by atoms with E-state index in [1.165, 1.54) is 26.0 Å². The molecule has 2 aromatic heterocycles. The first-order valence-corrected chi connectivity index (χ1v) is 22.1. The van der Waals surface area contributed by atoms with E-state index in [4.69, 9.17) is 21.3 Å². The number of sulfonamides is 1. The van der Waals surface area contributed by atoms with Crippen molar-refractivity contribution < 1.29 is 48.3 Å². The van der Waals surface area contributed by atoms with Crippen molar-refractivity contribution in [3.05, 3.63) is 75.1 Å². The van der Waals surface area contributed by atoms with Crippen molar-refractivity contribution in [1.29, 1.82) is 0 Å². The molecule has 2 heterocycles. The second kappa shape index (κ2) is 15.3. The van der Waals surface area contributed by atoms with Crippen molar-refractivity contribution in [1.82, 2.24) is 20.1 Å². The van der Waals surface area contributed by atoms with Crippen LogP contribution < -0.4 is 10.0 Å². The van der Waals surface area contributed by atoms with Crippen LogP contribution in [-0.4, -0.2) is 65.7 Å². The van der Waals surface area contributed by atoms with E-state index in [2.05, 4.69) is 27.0 Å². The largest absolute Gasteiger partial charge is 0.444 e. The summed E-state index contributed by atoms with van der Waals surface area (Å²) in [5.74, 6) is 3.43. The molecule has 2 N–H and O–H groups in total. The fourth-order valence-corrected chi connectivity index (χ4v) is 8.52. The molecule has 0 radical (unpaired) electrons. The van der Waals surface area contributed by atoms with Gasteiger partial charge in [0.05, 0.1) is 32.9 Å². The summed E-state index contributed by atoms with van der Waals surface area (Å²) in [6, 6.07) is 4.26. The minimum absolute atomic E-state index is 0.0128. The molecule has 0 aliphatic heterocycles. The van der Waals surface area contributed by atoms with Gasteiger partial charge < -0.3 is 10.1 Å². The lowest BCUT2D eigenvalue weighted by molar-refractivity contribution is -0.141. The topological polar surface area (TPSA) is 149 Å². The molecule has 0 unspecified atom stereocenters. The van der Waals surface area contributed by atoms with E-state index in [0.29, 0.717) is 54.0 Å². The van der Waals surface area contributed by atoms with Gasteiger partial charge in [0.1, 0.15) is 34.2 Å².